The van der Waals surface area contributed by atoms with E-state index in [2.05, 4.69) is 4.74 Å². The quantitative estimate of drug-likeness (QED) is 0.590. The molecule has 0 saturated carbocycles. The van der Waals surface area contributed by atoms with E-state index in [1.807, 2.05) is 26.8 Å². The number of carbonyl (C=O) groups is 2. The number of esters is 1. The molecule has 5 nitrogen and oxygen atoms in total. The van der Waals surface area contributed by atoms with Gasteiger partial charge in [-0.25, -0.2) is 9.59 Å². The molecule has 0 atom stereocenters. The van der Waals surface area contributed by atoms with Gasteiger partial charge in [-0.05, 0) is 46.0 Å². The van der Waals surface area contributed by atoms with E-state index in [4.69, 9.17) is 4.74 Å². The Morgan fingerprint density at radius 1 is 1.25 bits per heavy atom. The summed E-state index contributed by atoms with van der Waals surface area (Å²) in [6.45, 7) is 7.04. The van der Waals surface area contributed by atoms with E-state index in [-0.39, 0.29) is 12.1 Å². The van der Waals surface area contributed by atoms with Crippen LogP contribution in [-0.2, 0) is 14.3 Å². The molecule has 1 saturated heterocycles. The van der Waals surface area contributed by atoms with E-state index in [0.29, 0.717) is 19.0 Å². The SMILES string of the molecule is COC(=O)/C=C\CC1CCN(C(=O)OC(C)(C)C)CC1. The maximum Gasteiger partial charge on any atom is 0.410 e. The third-order valence-corrected chi connectivity index (χ3v) is 3.19. The second-order valence-electron chi connectivity index (χ2n) is 6.07. The van der Waals surface area contributed by atoms with Gasteiger partial charge in [0.15, 0.2) is 0 Å². The molecule has 1 heterocycles. The number of piperidine rings is 1. The summed E-state index contributed by atoms with van der Waals surface area (Å²) < 4.78 is 9.89. The van der Waals surface area contributed by atoms with E-state index >= 15 is 0 Å². The Balaban J connectivity index is 2.31. The number of amides is 1. The molecular weight excluding hydrogens is 258 g/mol. The van der Waals surface area contributed by atoms with Crippen LogP contribution in [0.4, 0.5) is 4.79 Å². The first-order chi connectivity index (χ1) is 9.31. The zero-order valence-corrected chi connectivity index (χ0v) is 12.8. The van der Waals surface area contributed by atoms with Gasteiger partial charge in [0.05, 0.1) is 7.11 Å². The summed E-state index contributed by atoms with van der Waals surface area (Å²) in [6.07, 6.45) is 5.79. The van der Waals surface area contributed by atoms with Crippen molar-refractivity contribution in [2.24, 2.45) is 5.92 Å². The molecule has 0 aromatic heterocycles. The van der Waals surface area contributed by atoms with Gasteiger partial charge in [-0.1, -0.05) is 6.08 Å². The highest BCUT2D eigenvalue weighted by molar-refractivity contribution is 5.81. The van der Waals surface area contributed by atoms with E-state index in [9.17, 15) is 9.59 Å². The number of ether oxygens (including phenoxy) is 2. The number of hydrogen-bond donors (Lipinski definition) is 0. The minimum atomic E-state index is -0.447. The summed E-state index contributed by atoms with van der Waals surface area (Å²) in [6, 6.07) is 0. The summed E-state index contributed by atoms with van der Waals surface area (Å²) in [4.78, 5) is 24.6. The Bertz CT molecular complexity index is 363. The standard InChI is InChI=1S/C15H25NO4/c1-15(2,3)20-14(18)16-10-8-12(9-11-16)6-5-7-13(17)19-4/h5,7,12H,6,8-11H2,1-4H3/b7-5-. The average Bonchev–Trinajstić information content (AvgIpc) is 2.37. The van der Waals surface area contributed by atoms with Gasteiger partial charge in [-0.15, -0.1) is 0 Å². The fourth-order valence-corrected chi connectivity index (χ4v) is 2.10. The van der Waals surface area contributed by atoms with Gasteiger partial charge >= 0.3 is 12.1 Å². The molecule has 0 radical (unpaired) electrons. The predicted octanol–water partition coefficient (Wildman–Crippen LogP) is 2.75. The van der Waals surface area contributed by atoms with Crippen LogP contribution in [0.25, 0.3) is 0 Å². The molecule has 0 aliphatic carbocycles. The summed E-state index contributed by atoms with van der Waals surface area (Å²) in [7, 11) is 1.37. The van der Waals surface area contributed by atoms with E-state index in [0.717, 1.165) is 19.3 Å². The summed E-state index contributed by atoms with van der Waals surface area (Å²) in [5.74, 6) is 0.186. The van der Waals surface area contributed by atoms with Crippen molar-refractivity contribution >= 4 is 12.1 Å². The molecule has 0 spiro atoms. The fraction of sp³-hybridized carbons (Fsp3) is 0.733. The van der Waals surface area contributed by atoms with Gasteiger partial charge in [-0.2, -0.15) is 0 Å². The van der Waals surface area contributed by atoms with Gasteiger partial charge in [0.1, 0.15) is 5.60 Å². The van der Waals surface area contributed by atoms with Crippen LogP contribution in [0.5, 0.6) is 0 Å². The van der Waals surface area contributed by atoms with Gasteiger partial charge in [0.2, 0.25) is 0 Å². The molecule has 20 heavy (non-hydrogen) atoms. The van der Waals surface area contributed by atoms with Gasteiger partial charge in [0, 0.05) is 19.2 Å². The first kappa shape index (κ1) is 16.5. The normalized spacial score (nSPS) is 17.3. The van der Waals surface area contributed by atoms with Crippen molar-refractivity contribution in [1.82, 2.24) is 4.90 Å². The van der Waals surface area contributed by atoms with Crippen molar-refractivity contribution in [2.75, 3.05) is 20.2 Å². The largest absolute Gasteiger partial charge is 0.466 e. The molecule has 5 heteroatoms. The van der Waals surface area contributed by atoms with Crippen LogP contribution in [0, 0.1) is 5.92 Å². The van der Waals surface area contributed by atoms with Crippen molar-refractivity contribution in [2.45, 2.75) is 45.6 Å². The predicted molar refractivity (Wildman–Crippen MR) is 76.3 cm³/mol. The number of allylic oxidation sites excluding steroid dienone is 1. The average molecular weight is 283 g/mol. The second-order valence-corrected chi connectivity index (χ2v) is 6.07. The second kappa shape index (κ2) is 7.31. The molecule has 1 fully saturated rings. The fourth-order valence-electron chi connectivity index (χ4n) is 2.10. The lowest BCUT2D eigenvalue weighted by atomic mass is 9.93. The van der Waals surface area contributed by atoms with E-state index in [1.54, 1.807) is 4.90 Å². The highest BCUT2D eigenvalue weighted by Crippen LogP contribution is 2.22. The van der Waals surface area contributed by atoms with Crippen LogP contribution in [0.3, 0.4) is 0 Å². The summed E-state index contributed by atoms with van der Waals surface area (Å²) in [5, 5.41) is 0. The highest BCUT2D eigenvalue weighted by Gasteiger charge is 2.26. The Labute approximate surface area is 120 Å². The summed E-state index contributed by atoms with van der Waals surface area (Å²) in [5.41, 5.74) is -0.447. The van der Waals surface area contributed by atoms with E-state index < -0.39 is 5.60 Å². The van der Waals surface area contributed by atoms with Crippen molar-refractivity contribution in [3.8, 4) is 0 Å². The maximum absolute atomic E-state index is 11.9. The Morgan fingerprint density at radius 3 is 2.35 bits per heavy atom. The topological polar surface area (TPSA) is 55.8 Å². The first-order valence-corrected chi connectivity index (χ1v) is 7.04. The van der Waals surface area contributed by atoms with Crippen molar-refractivity contribution < 1.29 is 19.1 Å². The van der Waals surface area contributed by atoms with Crippen molar-refractivity contribution in [3.63, 3.8) is 0 Å². The molecule has 0 bridgehead atoms. The Morgan fingerprint density at radius 2 is 1.85 bits per heavy atom. The van der Waals surface area contributed by atoms with Crippen LogP contribution < -0.4 is 0 Å². The molecule has 0 N–H and O–H groups in total. The number of nitrogens with zero attached hydrogens (tertiary/aromatic N) is 1. The molecule has 1 aliphatic rings. The van der Waals surface area contributed by atoms with Gasteiger partial charge < -0.3 is 14.4 Å². The Kier molecular flexibility index (Phi) is 6.05. The number of methoxy groups -OCH3 is 1. The molecule has 1 aliphatic heterocycles. The minimum absolute atomic E-state index is 0.235. The van der Waals surface area contributed by atoms with Gasteiger partial charge in [0.25, 0.3) is 0 Å². The molecule has 0 unspecified atom stereocenters. The first-order valence-electron chi connectivity index (χ1n) is 7.04. The lowest BCUT2D eigenvalue weighted by Crippen LogP contribution is -2.41. The Hall–Kier alpha value is -1.52. The third kappa shape index (κ3) is 6.08. The van der Waals surface area contributed by atoms with Crippen LogP contribution in [0.15, 0.2) is 12.2 Å². The molecule has 1 amide bonds. The molecule has 114 valence electrons. The number of likely N-dealkylation sites (tertiary alicyclic amines) is 1. The highest BCUT2D eigenvalue weighted by atomic mass is 16.6. The zero-order chi connectivity index (χ0) is 15.2. The smallest absolute Gasteiger partial charge is 0.410 e. The monoisotopic (exact) mass is 283 g/mol. The lowest BCUT2D eigenvalue weighted by molar-refractivity contribution is -0.134. The van der Waals surface area contributed by atoms with Crippen LogP contribution >= 0.6 is 0 Å². The minimum Gasteiger partial charge on any atom is -0.466 e. The molecule has 0 aromatic carbocycles. The number of hydrogen-bond acceptors (Lipinski definition) is 4. The van der Waals surface area contributed by atoms with Crippen LogP contribution in [-0.4, -0.2) is 42.8 Å². The van der Waals surface area contributed by atoms with Crippen LogP contribution in [0.2, 0.25) is 0 Å². The van der Waals surface area contributed by atoms with Crippen molar-refractivity contribution in [3.05, 3.63) is 12.2 Å². The number of carbonyl (C=O) groups excluding carboxylic acids is 2. The van der Waals surface area contributed by atoms with Gasteiger partial charge in [-0.3, -0.25) is 0 Å². The van der Waals surface area contributed by atoms with Crippen LogP contribution in [0.1, 0.15) is 40.0 Å². The third-order valence-electron chi connectivity index (χ3n) is 3.19. The summed E-state index contributed by atoms with van der Waals surface area (Å²) >= 11 is 0. The lowest BCUT2D eigenvalue weighted by Gasteiger charge is -2.33. The molecule has 1 rings (SSSR count). The molecule has 0 aromatic rings. The van der Waals surface area contributed by atoms with Crippen molar-refractivity contribution in [1.29, 1.82) is 0 Å². The molecular formula is C15H25NO4. The maximum atomic E-state index is 11.9. The number of rotatable bonds is 3. The van der Waals surface area contributed by atoms with E-state index in [1.165, 1.54) is 13.2 Å². The zero-order valence-electron chi connectivity index (χ0n) is 12.8.